The van der Waals surface area contributed by atoms with Gasteiger partial charge in [0.25, 0.3) is 0 Å². The minimum Gasteiger partial charge on any atom is -0.211 e. The molecule has 1 aliphatic carbocycles. The van der Waals surface area contributed by atoms with Crippen molar-refractivity contribution in [2.75, 3.05) is 13.1 Å². The Hall–Kier alpha value is -2.48. The molecule has 1 rings (SSSR count). The van der Waals surface area contributed by atoms with E-state index >= 15 is 0 Å². The van der Waals surface area contributed by atoms with Gasteiger partial charge in [-0.15, -0.1) is 0 Å². The second-order valence-electron chi connectivity index (χ2n) is 5.34. The highest BCUT2D eigenvalue weighted by atomic mass is 16.1. The van der Waals surface area contributed by atoms with E-state index in [1.54, 1.807) is 0 Å². The molecule has 21 heavy (non-hydrogen) atoms. The first-order valence-corrected chi connectivity index (χ1v) is 6.29. The Labute approximate surface area is 120 Å². The molecular formula is C13H14N4O4. The minimum absolute atomic E-state index is 0.0242. The summed E-state index contributed by atoms with van der Waals surface area (Å²) < 4.78 is 0. The molecule has 0 bridgehead atoms. The number of aliphatic imine (C=N–C) groups is 4. The average Bonchev–Trinajstić information content (AvgIpc) is 2.48. The van der Waals surface area contributed by atoms with Crippen LogP contribution in [-0.4, -0.2) is 49.0 Å². The van der Waals surface area contributed by atoms with E-state index in [2.05, 4.69) is 20.0 Å². The van der Waals surface area contributed by atoms with E-state index in [9.17, 15) is 19.2 Å². The summed E-state index contributed by atoms with van der Waals surface area (Å²) >= 11 is 0. The van der Waals surface area contributed by atoms with Gasteiger partial charge in [-0.1, -0.05) is 6.92 Å². The molecule has 0 amide bonds. The minimum atomic E-state index is -0.936. The summed E-state index contributed by atoms with van der Waals surface area (Å²) in [4.78, 5) is 56.4. The third-order valence-electron chi connectivity index (χ3n) is 3.97. The van der Waals surface area contributed by atoms with Crippen LogP contribution in [0.2, 0.25) is 0 Å². The summed E-state index contributed by atoms with van der Waals surface area (Å²) in [6.07, 6.45) is 6.98. The van der Waals surface area contributed by atoms with Crippen LogP contribution in [0.25, 0.3) is 0 Å². The van der Waals surface area contributed by atoms with Gasteiger partial charge in [-0.05, 0) is 19.3 Å². The largest absolute Gasteiger partial charge is 0.235 e. The van der Waals surface area contributed by atoms with E-state index in [0.717, 1.165) is 0 Å². The summed E-state index contributed by atoms with van der Waals surface area (Å²) in [6.45, 7) is 1.96. The molecule has 0 aromatic heterocycles. The van der Waals surface area contributed by atoms with Crippen LogP contribution in [0.5, 0.6) is 0 Å². The van der Waals surface area contributed by atoms with Crippen LogP contribution < -0.4 is 0 Å². The van der Waals surface area contributed by atoms with Gasteiger partial charge in [-0.25, -0.2) is 34.2 Å². The molecule has 110 valence electrons. The second kappa shape index (κ2) is 7.34. The maximum atomic E-state index is 10.6. The van der Waals surface area contributed by atoms with Crippen molar-refractivity contribution in [3.05, 3.63) is 0 Å². The molecule has 1 fully saturated rings. The number of isocyanates is 4. The van der Waals surface area contributed by atoms with Gasteiger partial charge in [-0.2, -0.15) is 4.99 Å². The Balaban J connectivity index is 3.13. The smallest absolute Gasteiger partial charge is 0.211 e. The lowest BCUT2D eigenvalue weighted by Gasteiger charge is -2.44. The van der Waals surface area contributed by atoms with Crippen molar-refractivity contribution >= 4 is 24.3 Å². The number of nitrogens with zero attached hydrogens (tertiary/aromatic N) is 4. The zero-order valence-corrected chi connectivity index (χ0v) is 11.5. The summed E-state index contributed by atoms with van der Waals surface area (Å²) in [5.74, 6) is 0. The van der Waals surface area contributed by atoms with Crippen molar-refractivity contribution < 1.29 is 19.2 Å². The molecule has 0 heterocycles. The lowest BCUT2D eigenvalue weighted by atomic mass is 9.65. The average molecular weight is 290 g/mol. The van der Waals surface area contributed by atoms with Crippen molar-refractivity contribution in [2.45, 2.75) is 37.8 Å². The van der Waals surface area contributed by atoms with Crippen LogP contribution >= 0.6 is 0 Å². The Bertz CT molecular complexity index is 581. The van der Waals surface area contributed by atoms with Crippen molar-refractivity contribution in [1.82, 2.24) is 0 Å². The van der Waals surface area contributed by atoms with Gasteiger partial charge in [0.15, 0.2) is 0 Å². The summed E-state index contributed by atoms with van der Waals surface area (Å²) in [6, 6.07) is -0.542. The van der Waals surface area contributed by atoms with Gasteiger partial charge in [0.2, 0.25) is 24.3 Å². The highest BCUT2D eigenvalue weighted by molar-refractivity contribution is 5.38. The molecule has 8 nitrogen and oxygen atoms in total. The fraction of sp³-hybridized carbons (Fsp3) is 0.692. The zero-order valence-electron chi connectivity index (χ0n) is 11.5. The van der Waals surface area contributed by atoms with E-state index < -0.39 is 17.0 Å². The third-order valence-corrected chi connectivity index (χ3v) is 3.97. The SMILES string of the molecule is CC1(CN=C=O)CCC(CN=C=O)(N=C=O)CC1N=C=O. The lowest BCUT2D eigenvalue weighted by Crippen LogP contribution is -2.48. The van der Waals surface area contributed by atoms with Gasteiger partial charge in [0.05, 0.1) is 24.7 Å². The molecule has 0 N–H and O–H groups in total. The molecule has 0 aliphatic heterocycles. The Kier molecular flexibility index (Phi) is 5.79. The maximum absolute atomic E-state index is 10.6. The molecule has 0 aromatic carbocycles. The predicted molar refractivity (Wildman–Crippen MR) is 70.7 cm³/mol. The Morgan fingerprint density at radius 1 is 0.952 bits per heavy atom. The zero-order chi connectivity index (χ0) is 15.8. The van der Waals surface area contributed by atoms with E-state index in [1.165, 1.54) is 24.3 Å². The van der Waals surface area contributed by atoms with Crippen LogP contribution in [0, 0.1) is 5.41 Å². The second-order valence-corrected chi connectivity index (χ2v) is 5.34. The summed E-state index contributed by atoms with van der Waals surface area (Å²) in [5.41, 5.74) is -1.48. The molecule has 0 aromatic rings. The first-order valence-electron chi connectivity index (χ1n) is 6.29. The Morgan fingerprint density at radius 3 is 2.19 bits per heavy atom. The van der Waals surface area contributed by atoms with Crippen molar-refractivity contribution in [3.63, 3.8) is 0 Å². The van der Waals surface area contributed by atoms with Gasteiger partial charge in [0, 0.05) is 5.41 Å². The third kappa shape index (κ3) is 3.99. The first-order chi connectivity index (χ1) is 10.1. The highest BCUT2D eigenvalue weighted by Gasteiger charge is 2.47. The fourth-order valence-corrected chi connectivity index (χ4v) is 2.61. The van der Waals surface area contributed by atoms with Crippen molar-refractivity contribution in [3.8, 4) is 0 Å². The molecule has 8 heteroatoms. The van der Waals surface area contributed by atoms with Gasteiger partial charge < -0.3 is 0 Å². The number of hydrogen-bond acceptors (Lipinski definition) is 8. The fourth-order valence-electron chi connectivity index (χ4n) is 2.61. The van der Waals surface area contributed by atoms with Crippen LogP contribution in [0.4, 0.5) is 0 Å². The first kappa shape index (κ1) is 16.6. The molecule has 1 aliphatic rings. The van der Waals surface area contributed by atoms with Gasteiger partial charge in [-0.3, -0.25) is 0 Å². The summed E-state index contributed by atoms with van der Waals surface area (Å²) in [5, 5.41) is 0. The van der Waals surface area contributed by atoms with Gasteiger partial charge in [0.1, 0.15) is 0 Å². The molecule has 3 atom stereocenters. The van der Waals surface area contributed by atoms with E-state index in [4.69, 9.17) is 0 Å². The quantitative estimate of drug-likeness (QED) is 0.526. The Morgan fingerprint density at radius 2 is 1.62 bits per heavy atom. The van der Waals surface area contributed by atoms with Crippen molar-refractivity contribution in [1.29, 1.82) is 0 Å². The molecule has 1 saturated carbocycles. The van der Waals surface area contributed by atoms with Crippen LogP contribution in [0.1, 0.15) is 26.2 Å². The molecule has 0 radical (unpaired) electrons. The predicted octanol–water partition coefficient (Wildman–Crippen LogP) is 0.627. The normalized spacial score (nSPS) is 30.8. The van der Waals surface area contributed by atoms with E-state index in [-0.39, 0.29) is 19.5 Å². The van der Waals surface area contributed by atoms with Crippen LogP contribution in [0.15, 0.2) is 20.0 Å². The van der Waals surface area contributed by atoms with E-state index in [1.807, 2.05) is 6.92 Å². The number of hydrogen-bond donors (Lipinski definition) is 0. The standard InChI is InChI=1S/C13H14N4O4/c1-12(5-14-7-18)2-3-13(17-10-21,6-15-8-19)4-11(12)16-9-20/h11H,2-6H2,1H3. The molecule has 0 saturated heterocycles. The highest BCUT2D eigenvalue weighted by Crippen LogP contribution is 2.44. The van der Waals surface area contributed by atoms with Crippen molar-refractivity contribution in [2.24, 2.45) is 25.4 Å². The maximum Gasteiger partial charge on any atom is 0.235 e. The van der Waals surface area contributed by atoms with Crippen LogP contribution in [0.3, 0.4) is 0 Å². The number of rotatable bonds is 6. The lowest BCUT2D eigenvalue weighted by molar-refractivity contribution is 0.130. The topological polar surface area (TPSA) is 118 Å². The van der Waals surface area contributed by atoms with Crippen LogP contribution in [-0.2, 0) is 19.2 Å². The number of carbonyl (C=O) groups excluding carboxylic acids is 4. The van der Waals surface area contributed by atoms with E-state index in [0.29, 0.717) is 12.8 Å². The monoisotopic (exact) mass is 290 g/mol. The van der Waals surface area contributed by atoms with Gasteiger partial charge >= 0.3 is 0 Å². The molecule has 3 unspecified atom stereocenters. The molecular weight excluding hydrogens is 276 g/mol. The molecule has 0 spiro atoms. The summed E-state index contributed by atoms with van der Waals surface area (Å²) in [7, 11) is 0.